The molecule has 1 atom stereocenters. The molecular formula is C17H15BrN2O. The lowest BCUT2D eigenvalue weighted by atomic mass is 10.0. The van der Waals surface area contributed by atoms with E-state index in [2.05, 4.69) is 39.1 Å². The quantitative estimate of drug-likeness (QED) is 0.569. The molecule has 0 aliphatic carbocycles. The Labute approximate surface area is 131 Å². The van der Waals surface area contributed by atoms with E-state index in [0.717, 1.165) is 27.7 Å². The highest BCUT2D eigenvalue weighted by molar-refractivity contribution is 9.09. The smallest absolute Gasteiger partial charge is 0.218 e. The summed E-state index contributed by atoms with van der Waals surface area (Å²) >= 11 is 3.74. The first-order valence-electron chi connectivity index (χ1n) is 6.62. The van der Waals surface area contributed by atoms with Gasteiger partial charge in [-0.3, -0.25) is 0 Å². The van der Waals surface area contributed by atoms with Crippen LogP contribution >= 0.6 is 15.9 Å². The topological polar surface area (TPSA) is 48.1 Å². The molecule has 0 aliphatic heterocycles. The molecule has 2 aromatic carbocycles. The molecule has 0 radical (unpaired) electrons. The van der Waals surface area contributed by atoms with Gasteiger partial charge in [0.25, 0.3) is 0 Å². The maximum absolute atomic E-state index is 5.86. The third-order valence-electron chi connectivity index (χ3n) is 3.39. The average Bonchev–Trinajstić information content (AvgIpc) is 2.53. The Morgan fingerprint density at radius 2 is 1.86 bits per heavy atom. The predicted octanol–water partition coefficient (Wildman–Crippen LogP) is 4.31. The number of hydrogen-bond acceptors (Lipinski definition) is 3. The lowest BCUT2D eigenvalue weighted by Gasteiger charge is -2.15. The summed E-state index contributed by atoms with van der Waals surface area (Å²) < 4.78 is 5.45. The SMILES string of the molecule is COc1nc2ccc(N)cc2cc1C(Br)c1ccccc1. The van der Waals surface area contributed by atoms with Crippen LogP contribution in [0.1, 0.15) is 16.0 Å². The molecule has 0 fully saturated rings. The summed E-state index contributed by atoms with van der Waals surface area (Å²) in [6, 6.07) is 17.9. The van der Waals surface area contributed by atoms with Gasteiger partial charge in [-0.2, -0.15) is 0 Å². The van der Waals surface area contributed by atoms with Crippen LogP contribution in [0.3, 0.4) is 0 Å². The van der Waals surface area contributed by atoms with Crippen molar-refractivity contribution in [3.05, 3.63) is 65.7 Å². The summed E-state index contributed by atoms with van der Waals surface area (Å²) in [7, 11) is 1.64. The van der Waals surface area contributed by atoms with Crippen molar-refractivity contribution in [1.29, 1.82) is 0 Å². The lowest BCUT2D eigenvalue weighted by molar-refractivity contribution is 0.395. The Balaban J connectivity index is 2.16. The van der Waals surface area contributed by atoms with Crippen molar-refractivity contribution in [1.82, 2.24) is 4.98 Å². The number of halogens is 1. The highest BCUT2D eigenvalue weighted by atomic mass is 79.9. The summed E-state index contributed by atoms with van der Waals surface area (Å²) in [5.74, 6) is 0.623. The number of methoxy groups -OCH3 is 1. The van der Waals surface area contributed by atoms with Gasteiger partial charge < -0.3 is 10.5 Å². The molecule has 0 amide bonds. The molecule has 21 heavy (non-hydrogen) atoms. The summed E-state index contributed by atoms with van der Waals surface area (Å²) in [5, 5.41) is 1.01. The summed E-state index contributed by atoms with van der Waals surface area (Å²) in [6.07, 6.45) is 0. The Kier molecular flexibility index (Phi) is 3.80. The number of hydrogen-bond donors (Lipinski definition) is 1. The average molecular weight is 343 g/mol. The minimum atomic E-state index is 0.0204. The number of benzene rings is 2. The van der Waals surface area contributed by atoms with Crippen molar-refractivity contribution < 1.29 is 4.74 Å². The van der Waals surface area contributed by atoms with Crippen LogP contribution in [0.4, 0.5) is 5.69 Å². The standard InChI is InChI=1S/C17H15BrN2O/c1-21-17-14(16(18)11-5-3-2-4-6-11)10-12-9-13(19)7-8-15(12)20-17/h2-10,16H,19H2,1H3. The van der Waals surface area contributed by atoms with E-state index >= 15 is 0 Å². The normalized spacial score (nSPS) is 12.3. The van der Waals surface area contributed by atoms with E-state index in [9.17, 15) is 0 Å². The Morgan fingerprint density at radius 3 is 2.57 bits per heavy atom. The van der Waals surface area contributed by atoms with Crippen LogP contribution in [0.15, 0.2) is 54.6 Å². The number of fused-ring (bicyclic) bond motifs is 1. The van der Waals surface area contributed by atoms with E-state index in [1.54, 1.807) is 7.11 Å². The fraction of sp³-hybridized carbons (Fsp3) is 0.118. The molecule has 0 saturated carbocycles. The van der Waals surface area contributed by atoms with Gasteiger partial charge in [-0.05, 0) is 29.8 Å². The minimum absolute atomic E-state index is 0.0204. The maximum Gasteiger partial charge on any atom is 0.218 e. The highest BCUT2D eigenvalue weighted by Gasteiger charge is 2.17. The van der Waals surface area contributed by atoms with Gasteiger partial charge in [0.05, 0.1) is 17.5 Å². The monoisotopic (exact) mass is 342 g/mol. The van der Waals surface area contributed by atoms with Crippen molar-refractivity contribution in [2.24, 2.45) is 0 Å². The van der Waals surface area contributed by atoms with E-state index in [-0.39, 0.29) is 4.83 Å². The van der Waals surface area contributed by atoms with E-state index in [1.807, 2.05) is 36.4 Å². The van der Waals surface area contributed by atoms with Crippen LogP contribution in [0.25, 0.3) is 10.9 Å². The molecule has 3 rings (SSSR count). The fourth-order valence-corrected chi connectivity index (χ4v) is 2.97. The number of nitrogen functional groups attached to an aromatic ring is 1. The van der Waals surface area contributed by atoms with Crippen LogP contribution in [-0.4, -0.2) is 12.1 Å². The molecule has 3 nitrogen and oxygen atoms in total. The van der Waals surface area contributed by atoms with Crippen molar-refractivity contribution in [2.75, 3.05) is 12.8 Å². The molecule has 4 heteroatoms. The first kappa shape index (κ1) is 13.9. The van der Waals surface area contributed by atoms with Gasteiger partial charge in [-0.15, -0.1) is 0 Å². The van der Waals surface area contributed by atoms with Gasteiger partial charge in [0.1, 0.15) is 0 Å². The zero-order chi connectivity index (χ0) is 14.8. The summed E-state index contributed by atoms with van der Waals surface area (Å²) in [6.45, 7) is 0. The van der Waals surface area contributed by atoms with Crippen molar-refractivity contribution in [3.8, 4) is 5.88 Å². The summed E-state index contributed by atoms with van der Waals surface area (Å²) in [4.78, 5) is 4.59. The number of aromatic nitrogens is 1. The van der Waals surface area contributed by atoms with Crippen LogP contribution in [0, 0.1) is 0 Å². The van der Waals surface area contributed by atoms with Gasteiger partial charge in [0.2, 0.25) is 5.88 Å². The lowest BCUT2D eigenvalue weighted by Crippen LogP contribution is -2.00. The number of ether oxygens (including phenoxy) is 1. The zero-order valence-corrected chi connectivity index (χ0v) is 13.2. The Hall–Kier alpha value is -2.07. The number of anilines is 1. The third kappa shape index (κ3) is 2.72. The van der Waals surface area contributed by atoms with Crippen LogP contribution in [0.2, 0.25) is 0 Å². The van der Waals surface area contributed by atoms with Crippen molar-refractivity contribution >= 4 is 32.5 Å². The van der Waals surface area contributed by atoms with Gasteiger partial charge in [-0.25, -0.2) is 4.98 Å². The third-order valence-corrected chi connectivity index (χ3v) is 4.41. The molecule has 1 heterocycles. The van der Waals surface area contributed by atoms with Gasteiger partial charge in [-0.1, -0.05) is 46.3 Å². The highest BCUT2D eigenvalue weighted by Crippen LogP contribution is 2.37. The van der Waals surface area contributed by atoms with Crippen molar-refractivity contribution in [2.45, 2.75) is 4.83 Å². The molecule has 1 aromatic heterocycles. The van der Waals surface area contributed by atoms with Gasteiger partial charge in [0.15, 0.2) is 0 Å². The second kappa shape index (κ2) is 5.74. The molecule has 2 N–H and O–H groups in total. The van der Waals surface area contributed by atoms with Gasteiger partial charge in [0, 0.05) is 16.6 Å². The molecule has 0 saturated heterocycles. The number of alkyl halides is 1. The molecule has 0 aliphatic rings. The molecule has 0 spiro atoms. The molecule has 1 unspecified atom stereocenters. The molecule has 3 aromatic rings. The van der Waals surface area contributed by atoms with E-state index in [4.69, 9.17) is 10.5 Å². The Morgan fingerprint density at radius 1 is 1.10 bits per heavy atom. The zero-order valence-electron chi connectivity index (χ0n) is 11.6. The first-order chi connectivity index (χ1) is 10.2. The number of rotatable bonds is 3. The number of nitrogens with zero attached hydrogens (tertiary/aromatic N) is 1. The second-order valence-electron chi connectivity index (χ2n) is 4.81. The number of pyridine rings is 1. The van der Waals surface area contributed by atoms with Crippen LogP contribution in [-0.2, 0) is 0 Å². The van der Waals surface area contributed by atoms with Crippen molar-refractivity contribution in [3.63, 3.8) is 0 Å². The molecule has 106 valence electrons. The first-order valence-corrected chi connectivity index (χ1v) is 7.54. The van der Waals surface area contributed by atoms with E-state index in [0.29, 0.717) is 5.88 Å². The fourth-order valence-electron chi connectivity index (χ4n) is 2.34. The molecule has 0 bridgehead atoms. The predicted molar refractivity (Wildman–Crippen MR) is 89.9 cm³/mol. The maximum atomic E-state index is 5.86. The van der Waals surface area contributed by atoms with E-state index < -0.39 is 0 Å². The number of nitrogens with two attached hydrogens (primary N) is 1. The summed E-state index contributed by atoms with van der Waals surface area (Å²) in [5.41, 5.74) is 9.60. The largest absolute Gasteiger partial charge is 0.481 e. The van der Waals surface area contributed by atoms with Crippen LogP contribution in [0.5, 0.6) is 5.88 Å². The minimum Gasteiger partial charge on any atom is -0.481 e. The molecular weight excluding hydrogens is 328 g/mol. The van der Waals surface area contributed by atoms with Crippen LogP contribution < -0.4 is 10.5 Å². The Bertz CT molecular complexity index is 774. The van der Waals surface area contributed by atoms with E-state index in [1.165, 1.54) is 0 Å². The second-order valence-corrected chi connectivity index (χ2v) is 5.73. The van der Waals surface area contributed by atoms with Gasteiger partial charge >= 0.3 is 0 Å².